The molecular formula is C21H20Cl2N2O3. The van der Waals surface area contributed by atoms with Crippen molar-refractivity contribution in [3.05, 3.63) is 63.6 Å². The van der Waals surface area contributed by atoms with Gasteiger partial charge in [-0.05, 0) is 35.4 Å². The Hall–Kier alpha value is -2.08. The highest BCUT2D eigenvalue weighted by atomic mass is 35.5. The van der Waals surface area contributed by atoms with E-state index >= 15 is 0 Å². The second-order valence-corrected chi connectivity index (χ2v) is 8.20. The molecule has 7 heteroatoms. The Morgan fingerprint density at radius 2 is 1.89 bits per heavy atom. The van der Waals surface area contributed by atoms with Crippen molar-refractivity contribution in [2.24, 2.45) is 0 Å². The fourth-order valence-corrected chi connectivity index (χ4v) is 4.94. The first kappa shape index (κ1) is 19.2. The van der Waals surface area contributed by atoms with E-state index in [1.54, 1.807) is 37.3 Å². The number of methoxy groups -OCH3 is 1. The second kappa shape index (κ2) is 7.07. The average Bonchev–Trinajstić information content (AvgIpc) is 2.88. The van der Waals surface area contributed by atoms with E-state index in [2.05, 4.69) is 5.32 Å². The third-order valence-corrected chi connectivity index (χ3v) is 6.36. The molecule has 2 amide bonds. The SMILES string of the molecule is COC1CN(C)C(=O)CC(c2cccc(Cl)c2)C12C(=O)Nc1cc(Cl)ccc12. The van der Waals surface area contributed by atoms with Gasteiger partial charge in [-0.2, -0.15) is 0 Å². The molecule has 1 N–H and O–H groups in total. The maximum atomic E-state index is 13.5. The van der Waals surface area contributed by atoms with Gasteiger partial charge in [-0.25, -0.2) is 0 Å². The molecule has 3 unspecified atom stereocenters. The molecule has 0 bridgehead atoms. The van der Waals surface area contributed by atoms with Crippen LogP contribution in [-0.2, 0) is 19.7 Å². The molecule has 2 aliphatic heterocycles. The summed E-state index contributed by atoms with van der Waals surface area (Å²) < 4.78 is 5.85. The Balaban J connectivity index is 2.01. The van der Waals surface area contributed by atoms with Crippen LogP contribution < -0.4 is 5.32 Å². The Morgan fingerprint density at radius 3 is 2.61 bits per heavy atom. The summed E-state index contributed by atoms with van der Waals surface area (Å²) in [4.78, 5) is 28.0. The maximum Gasteiger partial charge on any atom is 0.238 e. The van der Waals surface area contributed by atoms with Crippen LogP contribution in [0.25, 0.3) is 0 Å². The van der Waals surface area contributed by atoms with Gasteiger partial charge < -0.3 is 15.0 Å². The number of likely N-dealkylation sites (N-methyl/N-ethyl adjacent to an activating group) is 1. The number of likely N-dealkylation sites (tertiary alicyclic amines) is 1. The molecular weight excluding hydrogens is 399 g/mol. The molecule has 3 atom stereocenters. The van der Waals surface area contributed by atoms with Crippen molar-refractivity contribution < 1.29 is 14.3 Å². The first-order chi connectivity index (χ1) is 13.4. The summed E-state index contributed by atoms with van der Waals surface area (Å²) in [5.74, 6) is -0.667. The van der Waals surface area contributed by atoms with E-state index in [4.69, 9.17) is 27.9 Å². The Labute approximate surface area is 173 Å². The zero-order valence-electron chi connectivity index (χ0n) is 15.5. The lowest BCUT2D eigenvalue weighted by atomic mass is 9.64. The number of carbonyl (C=O) groups excluding carboxylic acids is 2. The smallest absolute Gasteiger partial charge is 0.238 e. The van der Waals surface area contributed by atoms with Crippen molar-refractivity contribution in [3.8, 4) is 0 Å². The topological polar surface area (TPSA) is 58.6 Å². The van der Waals surface area contributed by atoms with E-state index in [9.17, 15) is 9.59 Å². The summed E-state index contributed by atoms with van der Waals surface area (Å²) in [6, 6.07) is 12.7. The first-order valence-electron chi connectivity index (χ1n) is 9.01. The minimum absolute atomic E-state index is 0.0425. The molecule has 0 saturated carbocycles. The monoisotopic (exact) mass is 418 g/mol. The summed E-state index contributed by atoms with van der Waals surface area (Å²) >= 11 is 12.4. The van der Waals surface area contributed by atoms with Gasteiger partial charge in [0.15, 0.2) is 0 Å². The van der Waals surface area contributed by atoms with E-state index in [1.807, 2.05) is 24.3 Å². The number of ether oxygens (including phenoxy) is 1. The van der Waals surface area contributed by atoms with Gasteiger partial charge in [0.1, 0.15) is 5.41 Å². The van der Waals surface area contributed by atoms with Gasteiger partial charge in [0.05, 0.1) is 6.10 Å². The number of hydrogen-bond donors (Lipinski definition) is 1. The van der Waals surface area contributed by atoms with Gasteiger partial charge in [0, 0.05) is 48.8 Å². The van der Waals surface area contributed by atoms with Gasteiger partial charge in [0.2, 0.25) is 11.8 Å². The maximum absolute atomic E-state index is 13.5. The molecule has 1 fully saturated rings. The van der Waals surface area contributed by atoms with Crippen LogP contribution in [0, 0.1) is 0 Å². The van der Waals surface area contributed by atoms with Crippen LogP contribution in [0.4, 0.5) is 5.69 Å². The van der Waals surface area contributed by atoms with Crippen LogP contribution in [0.15, 0.2) is 42.5 Å². The molecule has 2 heterocycles. The van der Waals surface area contributed by atoms with Gasteiger partial charge in [0.25, 0.3) is 0 Å². The number of nitrogens with zero attached hydrogens (tertiary/aromatic N) is 1. The molecule has 5 nitrogen and oxygen atoms in total. The molecule has 28 heavy (non-hydrogen) atoms. The molecule has 1 spiro atoms. The van der Waals surface area contributed by atoms with Gasteiger partial charge >= 0.3 is 0 Å². The number of fused-ring (bicyclic) bond motifs is 2. The minimum Gasteiger partial charge on any atom is -0.378 e. The fourth-order valence-electron chi connectivity index (χ4n) is 4.57. The molecule has 0 radical (unpaired) electrons. The number of rotatable bonds is 2. The van der Waals surface area contributed by atoms with Crippen LogP contribution in [0.2, 0.25) is 10.0 Å². The summed E-state index contributed by atoms with van der Waals surface area (Å²) in [5.41, 5.74) is 1.21. The highest BCUT2D eigenvalue weighted by Crippen LogP contribution is 2.53. The predicted octanol–water partition coefficient (Wildman–Crippen LogP) is 3.84. The van der Waals surface area contributed by atoms with Crippen LogP contribution in [-0.4, -0.2) is 43.5 Å². The number of anilines is 1. The fraction of sp³-hybridized carbons (Fsp3) is 0.333. The lowest BCUT2D eigenvalue weighted by Gasteiger charge is -2.39. The molecule has 4 rings (SSSR count). The molecule has 146 valence electrons. The second-order valence-electron chi connectivity index (χ2n) is 7.32. The number of hydrogen-bond acceptors (Lipinski definition) is 3. The third kappa shape index (κ3) is 2.81. The zero-order valence-corrected chi connectivity index (χ0v) is 17.1. The van der Waals surface area contributed by atoms with Crippen molar-refractivity contribution in [3.63, 3.8) is 0 Å². The van der Waals surface area contributed by atoms with E-state index in [0.29, 0.717) is 22.3 Å². The summed E-state index contributed by atoms with van der Waals surface area (Å²) in [6.45, 7) is 0.307. The van der Waals surface area contributed by atoms with Crippen molar-refractivity contribution in [2.75, 3.05) is 26.0 Å². The highest BCUT2D eigenvalue weighted by molar-refractivity contribution is 6.31. The molecule has 2 aromatic rings. The largest absolute Gasteiger partial charge is 0.378 e. The Bertz CT molecular complexity index is 964. The van der Waals surface area contributed by atoms with E-state index < -0.39 is 17.4 Å². The van der Waals surface area contributed by atoms with E-state index in [1.165, 1.54) is 0 Å². The van der Waals surface area contributed by atoms with Gasteiger partial charge in [-0.1, -0.05) is 41.4 Å². The number of halogens is 2. The number of nitrogens with one attached hydrogen (secondary N) is 1. The van der Waals surface area contributed by atoms with Gasteiger partial charge in [-0.3, -0.25) is 9.59 Å². The Morgan fingerprint density at radius 1 is 1.14 bits per heavy atom. The number of amides is 2. The molecule has 2 aromatic carbocycles. The highest BCUT2D eigenvalue weighted by Gasteiger charge is 2.60. The lowest BCUT2D eigenvalue weighted by molar-refractivity contribution is -0.131. The zero-order chi connectivity index (χ0) is 20.1. The minimum atomic E-state index is -1.07. The third-order valence-electron chi connectivity index (χ3n) is 5.89. The molecule has 2 aliphatic rings. The summed E-state index contributed by atoms with van der Waals surface area (Å²) in [7, 11) is 3.31. The van der Waals surface area contributed by atoms with Crippen LogP contribution in [0.1, 0.15) is 23.5 Å². The first-order valence-corrected chi connectivity index (χ1v) is 9.77. The summed E-state index contributed by atoms with van der Waals surface area (Å²) in [5, 5.41) is 4.06. The van der Waals surface area contributed by atoms with Gasteiger partial charge in [-0.15, -0.1) is 0 Å². The van der Waals surface area contributed by atoms with Crippen LogP contribution in [0.5, 0.6) is 0 Å². The predicted molar refractivity (Wildman–Crippen MR) is 109 cm³/mol. The van der Waals surface area contributed by atoms with Crippen molar-refractivity contribution in [1.29, 1.82) is 0 Å². The normalized spacial score (nSPS) is 26.9. The molecule has 0 aliphatic carbocycles. The lowest BCUT2D eigenvalue weighted by Crippen LogP contribution is -2.52. The molecule has 1 saturated heterocycles. The number of carbonyl (C=O) groups is 2. The summed E-state index contributed by atoms with van der Waals surface area (Å²) in [6.07, 6.45) is -0.359. The van der Waals surface area contributed by atoms with Crippen LogP contribution >= 0.6 is 23.2 Å². The number of benzene rings is 2. The average molecular weight is 419 g/mol. The van der Waals surface area contributed by atoms with Crippen molar-refractivity contribution in [1.82, 2.24) is 4.90 Å². The molecule has 0 aromatic heterocycles. The standard InChI is InChI=1S/C21H20Cl2N2O3/c1-25-11-18(28-2)21(15-7-6-14(23)9-17(15)24-20(21)27)16(10-19(25)26)12-4-3-5-13(22)8-12/h3-9,16,18H,10-11H2,1-2H3,(H,24,27). The van der Waals surface area contributed by atoms with Crippen LogP contribution in [0.3, 0.4) is 0 Å². The van der Waals surface area contributed by atoms with Crippen molar-refractivity contribution in [2.45, 2.75) is 23.9 Å². The van der Waals surface area contributed by atoms with E-state index in [0.717, 1.165) is 11.1 Å². The van der Waals surface area contributed by atoms with Crippen molar-refractivity contribution >= 4 is 40.7 Å². The van der Waals surface area contributed by atoms with E-state index in [-0.39, 0.29) is 18.2 Å². The Kier molecular flexibility index (Phi) is 4.86. The quantitative estimate of drug-likeness (QED) is 0.805.